The van der Waals surface area contributed by atoms with E-state index in [2.05, 4.69) is 9.97 Å². The third-order valence-electron chi connectivity index (χ3n) is 5.32. The van der Waals surface area contributed by atoms with Gasteiger partial charge in [0, 0.05) is 6.20 Å². The topological polar surface area (TPSA) is 101 Å². The van der Waals surface area contributed by atoms with Crippen LogP contribution in [0, 0.1) is 12.7 Å². The van der Waals surface area contributed by atoms with Crippen LogP contribution in [0.2, 0.25) is 10.0 Å². The van der Waals surface area contributed by atoms with Gasteiger partial charge in [-0.25, -0.2) is 14.4 Å². The van der Waals surface area contributed by atoms with Gasteiger partial charge in [0.15, 0.2) is 12.0 Å². The van der Waals surface area contributed by atoms with Crippen LogP contribution in [0.4, 0.5) is 4.39 Å². The van der Waals surface area contributed by atoms with Crippen LogP contribution in [0.3, 0.4) is 0 Å². The Labute approximate surface area is 175 Å². The molecule has 4 rings (SSSR count). The number of aromatic nitrogens is 3. The normalized spacial score (nSPS) is 26.8. The number of aliphatic hydroxyl groups is 3. The Morgan fingerprint density at radius 3 is 2.59 bits per heavy atom. The van der Waals surface area contributed by atoms with E-state index in [0.717, 1.165) is 6.20 Å². The maximum absolute atomic E-state index is 14.4. The van der Waals surface area contributed by atoms with Gasteiger partial charge in [-0.15, -0.1) is 0 Å². The van der Waals surface area contributed by atoms with Crippen molar-refractivity contribution in [2.75, 3.05) is 0 Å². The first-order valence-electron chi connectivity index (χ1n) is 8.80. The fourth-order valence-corrected chi connectivity index (χ4v) is 4.01. The van der Waals surface area contributed by atoms with Gasteiger partial charge in [0.1, 0.15) is 35.9 Å². The van der Waals surface area contributed by atoms with E-state index in [1.807, 2.05) is 0 Å². The summed E-state index contributed by atoms with van der Waals surface area (Å²) in [5.41, 5.74) is -0.749. The van der Waals surface area contributed by atoms with Crippen LogP contribution in [-0.2, 0) is 10.3 Å². The zero-order valence-electron chi connectivity index (χ0n) is 15.4. The van der Waals surface area contributed by atoms with Crippen molar-refractivity contribution in [3.63, 3.8) is 0 Å². The number of hydrogen-bond acceptors (Lipinski definition) is 6. The minimum absolute atomic E-state index is 0.192. The molecule has 5 atom stereocenters. The highest BCUT2D eigenvalue weighted by molar-refractivity contribution is 6.42. The quantitative estimate of drug-likeness (QED) is 0.577. The Bertz CT molecular complexity index is 1090. The molecule has 0 spiro atoms. The molecule has 7 nitrogen and oxygen atoms in total. The standard InChI is InChI=1S/C19H18Cl2FN3O4/c1-8-13-12(22)6-25(17(13)24-7-23-8)18-15(27)14(26)16(29-18)19(2,28)9-3-4-10(20)11(21)5-9/h3-7,14-16,18,26-28H,1-2H3/t14-,15+,16-,18+,19?/m0/s1. The van der Waals surface area contributed by atoms with Crippen LogP contribution in [-0.4, -0.2) is 48.2 Å². The highest BCUT2D eigenvalue weighted by Crippen LogP contribution is 2.41. The minimum Gasteiger partial charge on any atom is -0.387 e. The molecular formula is C19H18Cl2FN3O4. The molecule has 1 aromatic carbocycles. The molecule has 0 radical (unpaired) electrons. The van der Waals surface area contributed by atoms with E-state index < -0.39 is 36.0 Å². The molecule has 3 heterocycles. The van der Waals surface area contributed by atoms with E-state index in [-0.39, 0.29) is 16.1 Å². The second-order valence-corrected chi connectivity index (χ2v) is 8.06. The number of hydrogen-bond donors (Lipinski definition) is 3. The van der Waals surface area contributed by atoms with Crippen LogP contribution >= 0.6 is 23.2 Å². The predicted octanol–water partition coefficient (Wildman–Crippen LogP) is 2.71. The third-order valence-corrected chi connectivity index (χ3v) is 6.06. The zero-order chi connectivity index (χ0) is 21.1. The molecule has 3 aromatic rings. The lowest BCUT2D eigenvalue weighted by Crippen LogP contribution is -2.45. The van der Waals surface area contributed by atoms with Crippen LogP contribution in [0.5, 0.6) is 0 Å². The summed E-state index contributed by atoms with van der Waals surface area (Å²) in [5.74, 6) is -0.580. The summed E-state index contributed by atoms with van der Waals surface area (Å²) in [5, 5.41) is 33.0. The summed E-state index contributed by atoms with van der Waals surface area (Å²) in [6.07, 6.45) is -2.92. The Morgan fingerprint density at radius 2 is 1.90 bits per heavy atom. The van der Waals surface area contributed by atoms with Gasteiger partial charge >= 0.3 is 0 Å². The van der Waals surface area contributed by atoms with Crippen LogP contribution < -0.4 is 0 Å². The van der Waals surface area contributed by atoms with E-state index >= 15 is 0 Å². The average Bonchev–Trinajstić information content (AvgIpc) is 3.16. The first kappa shape index (κ1) is 20.5. The van der Waals surface area contributed by atoms with E-state index in [4.69, 9.17) is 27.9 Å². The number of nitrogens with zero attached hydrogens (tertiary/aromatic N) is 3. The molecule has 29 heavy (non-hydrogen) atoms. The maximum atomic E-state index is 14.4. The number of ether oxygens (including phenoxy) is 1. The average molecular weight is 442 g/mol. The van der Waals surface area contributed by atoms with Gasteiger partial charge in [-0.3, -0.25) is 0 Å². The monoisotopic (exact) mass is 441 g/mol. The molecule has 0 amide bonds. The van der Waals surface area contributed by atoms with E-state index in [0.29, 0.717) is 16.3 Å². The lowest BCUT2D eigenvalue weighted by molar-refractivity contribution is -0.135. The molecule has 3 N–H and O–H groups in total. The molecule has 10 heteroatoms. The highest BCUT2D eigenvalue weighted by Gasteiger charge is 2.52. The second kappa shape index (κ2) is 7.16. The number of halogens is 3. The zero-order valence-corrected chi connectivity index (χ0v) is 16.9. The Balaban J connectivity index is 1.73. The van der Waals surface area contributed by atoms with Crippen molar-refractivity contribution >= 4 is 34.2 Å². The van der Waals surface area contributed by atoms with Gasteiger partial charge < -0.3 is 24.6 Å². The molecule has 1 aliphatic rings. The molecule has 1 aliphatic heterocycles. The third kappa shape index (κ3) is 3.20. The first-order chi connectivity index (χ1) is 13.6. The lowest BCUT2D eigenvalue weighted by Gasteiger charge is -2.32. The summed E-state index contributed by atoms with van der Waals surface area (Å²) in [6.45, 7) is 3.06. The maximum Gasteiger partial charge on any atom is 0.164 e. The number of benzene rings is 1. The molecule has 1 saturated heterocycles. The van der Waals surface area contributed by atoms with Crippen molar-refractivity contribution < 1.29 is 24.4 Å². The molecule has 1 fully saturated rings. The van der Waals surface area contributed by atoms with Gasteiger partial charge in [-0.2, -0.15) is 0 Å². The summed E-state index contributed by atoms with van der Waals surface area (Å²) >= 11 is 12.0. The number of aryl methyl sites for hydroxylation is 1. The number of fused-ring (bicyclic) bond motifs is 1. The summed E-state index contributed by atoms with van der Waals surface area (Å²) < 4.78 is 21.6. The highest BCUT2D eigenvalue weighted by atomic mass is 35.5. The largest absolute Gasteiger partial charge is 0.387 e. The Kier molecular flexibility index (Phi) is 5.05. The van der Waals surface area contributed by atoms with Gasteiger partial charge in [0.25, 0.3) is 0 Å². The van der Waals surface area contributed by atoms with Gasteiger partial charge in [0.05, 0.1) is 21.1 Å². The van der Waals surface area contributed by atoms with Gasteiger partial charge in [-0.1, -0.05) is 29.3 Å². The van der Waals surface area contributed by atoms with E-state index in [1.54, 1.807) is 13.0 Å². The van der Waals surface area contributed by atoms with E-state index in [1.165, 1.54) is 30.0 Å². The van der Waals surface area contributed by atoms with Crippen LogP contribution in [0.25, 0.3) is 11.0 Å². The van der Waals surface area contributed by atoms with Crippen LogP contribution in [0.1, 0.15) is 24.4 Å². The lowest BCUT2D eigenvalue weighted by atomic mass is 9.87. The first-order valence-corrected chi connectivity index (χ1v) is 9.55. The molecule has 0 saturated carbocycles. The Hall–Kier alpha value is -1.81. The summed E-state index contributed by atoms with van der Waals surface area (Å²) in [4.78, 5) is 8.05. The van der Waals surface area contributed by atoms with Crippen molar-refractivity contribution in [3.8, 4) is 0 Å². The summed E-state index contributed by atoms with van der Waals surface area (Å²) in [7, 11) is 0. The fourth-order valence-electron chi connectivity index (χ4n) is 3.71. The molecule has 2 aromatic heterocycles. The predicted molar refractivity (Wildman–Crippen MR) is 104 cm³/mol. The van der Waals surface area contributed by atoms with Crippen LogP contribution in [0.15, 0.2) is 30.7 Å². The van der Waals surface area contributed by atoms with E-state index in [9.17, 15) is 19.7 Å². The Morgan fingerprint density at radius 1 is 1.17 bits per heavy atom. The smallest absolute Gasteiger partial charge is 0.164 e. The van der Waals surface area contributed by atoms with Crippen molar-refractivity contribution in [1.82, 2.24) is 14.5 Å². The van der Waals surface area contributed by atoms with Crippen molar-refractivity contribution in [3.05, 3.63) is 57.8 Å². The molecule has 0 aliphatic carbocycles. The fraction of sp³-hybridized carbons (Fsp3) is 0.368. The van der Waals surface area contributed by atoms with Crippen molar-refractivity contribution in [2.45, 2.75) is 44.0 Å². The molecular weight excluding hydrogens is 424 g/mol. The number of aliphatic hydroxyl groups excluding tert-OH is 2. The molecule has 0 bridgehead atoms. The SMILES string of the molecule is Cc1ncnc2c1c(F)cn2[C@@H]1O[C@H](C(C)(O)c2ccc(Cl)c(Cl)c2)[C@@H](O)[C@H]1O. The number of rotatable bonds is 3. The van der Waals surface area contributed by atoms with Gasteiger partial charge in [-0.05, 0) is 31.5 Å². The van der Waals surface area contributed by atoms with Crippen molar-refractivity contribution in [1.29, 1.82) is 0 Å². The summed E-state index contributed by atoms with van der Waals surface area (Å²) in [6, 6.07) is 4.52. The minimum atomic E-state index is -1.73. The molecule has 154 valence electrons. The molecule has 1 unspecified atom stereocenters. The van der Waals surface area contributed by atoms with Gasteiger partial charge in [0.2, 0.25) is 0 Å². The second-order valence-electron chi connectivity index (χ2n) is 7.25. The van der Waals surface area contributed by atoms with Crippen molar-refractivity contribution in [2.24, 2.45) is 0 Å².